The van der Waals surface area contributed by atoms with E-state index in [1.165, 1.54) is 12.4 Å². The second-order valence-corrected chi connectivity index (χ2v) is 4.33. The monoisotopic (exact) mass is 213 g/mol. The molecule has 1 fully saturated rings. The summed E-state index contributed by atoms with van der Waals surface area (Å²) in [6.45, 7) is 3.56. The molecule has 0 aliphatic heterocycles. The zero-order valence-corrected chi connectivity index (χ0v) is 8.43. The highest BCUT2D eigenvalue weighted by Crippen LogP contribution is 2.52. The summed E-state index contributed by atoms with van der Waals surface area (Å²) in [5.74, 6) is 0. The van der Waals surface area contributed by atoms with Crippen molar-refractivity contribution in [2.24, 2.45) is 0 Å². The molecule has 2 atom stereocenters. The second kappa shape index (κ2) is 3.37. The molecule has 1 aromatic rings. The lowest BCUT2D eigenvalue weighted by atomic mass is 10.1. The Morgan fingerprint density at radius 2 is 2.36 bits per heavy atom. The van der Waals surface area contributed by atoms with Crippen molar-refractivity contribution in [3.05, 3.63) is 25.3 Å². The van der Waals surface area contributed by atoms with E-state index in [0.29, 0.717) is 0 Å². The van der Waals surface area contributed by atoms with Gasteiger partial charge in [0.05, 0.1) is 11.0 Å². The third-order valence-electron chi connectivity index (χ3n) is 2.54. The van der Waals surface area contributed by atoms with Crippen LogP contribution in [-0.2, 0) is 0 Å². The first-order chi connectivity index (χ1) is 6.67. The van der Waals surface area contributed by atoms with Crippen LogP contribution in [0.4, 0.5) is 0 Å². The highest BCUT2D eigenvalue weighted by molar-refractivity contribution is 6.26. The molecule has 1 aromatic heterocycles. The molecule has 0 spiro atoms. The highest BCUT2D eigenvalue weighted by Gasteiger charge is 2.51. The lowest BCUT2D eigenvalue weighted by Gasteiger charge is -2.24. The maximum Gasteiger partial charge on any atom is 0.137 e. The van der Waals surface area contributed by atoms with Crippen LogP contribution in [-0.4, -0.2) is 30.8 Å². The largest absolute Gasteiger partial charge is 0.387 e. The Morgan fingerprint density at radius 1 is 1.64 bits per heavy atom. The zero-order valence-electron chi connectivity index (χ0n) is 7.67. The number of halogens is 1. The number of aliphatic hydroxyl groups is 1. The van der Waals surface area contributed by atoms with Crippen molar-refractivity contribution in [3.63, 3.8) is 0 Å². The van der Waals surface area contributed by atoms with Crippen LogP contribution in [0.3, 0.4) is 0 Å². The number of hydrogen-bond acceptors (Lipinski definition) is 3. The summed E-state index contributed by atoms with van der Waals surface area (Å²) in [6.07, 6.45) is 5.59. The number of rotatable bonds is 4. The summed E-state index contributed by atoms with van der Waals surface area (Å²) in [5.41, 5.74) is 0. The van der Waals surface area contributed by atoms with Crippen molar-refractivity contribution in [3.8, 4) is 0 Å². The van der Waals surface area contributed by atoms with Gasteiger partial charge in [-0.15, -0.1) is 18.2 Å². The van der Waals surface area contributed by atoms with Gasteiger partial charge in [0.2, 0.25) is 0 Å². The van der Waals surface area contributed by atoms with Crippen molar-refractivity contribution in [2.45, 2.75) is 29.9 Å². The van der Waals surface area contributed by atoms with Gasteiger partial charge in [-0.3, -0.25) is 0 Å². The number of aromatic nitrogens is 3. The minimum atomic E-state index is -0.684. The summed E-state index contributed by atoms with van der Waals surface area (Å²) in [7, 11) is 0. The van der Waals surface area contributed by atoms with Crippen LogP contribution in [0.2, 0.25) is 0 Å². The van der Waals surface area contributed by atoms with E-state index in [-0.39, 0.29) is 10.9 Å². The molecule has 0 unspecified atom stereocenters. The Hall–Kier alpha value is -0.870. The summed E-state index contributed by atoms with van der Waals surface area (Å²) in [4.78, 5) is 3.48. The van der Waals surface area contributed by atoms with E-state index in [1.807, 2.05) is 0 Å². The van der Waals surface area contributed by atoms with Crippen LogP contribution < -0.4 is 0 Å². The summed E-state index contributed by atoms with van der Waals surface area (Å²) < 4.78 is 1.60. The molecule has 1 aliphatic carbocycles. The van der Waals surface area contributed by atoms with Crippen molar-refractivity contribution in [2.75, 3.05) is 0 Å². The van der Waals surface area contributed by atoms with Crippen molar-refractivity contribution >= 4 is 11.6 Å². The smallest absolute Gasteiger partial charge is 0.137 e. The zero-order chi connectivity index (χ0) is 10.2. The molecular weight excluding hydrogens is 202 g/mol. The van der Waals surface area contributed by atoms with E-state index >= 15 is 0 Å². The van der Waals surface area contributed by atoms with E-state index in [2.05, 4.69) is 16.7 Å². The average Bonchev–Trinajstić information content (AvgIpc) is 2.69. The first-order valence-corrected chi connectivity index (χ1v) is 4.89. The van der Waals surface area contributed by atoms with E-state index in [0.717, 1.165) is 12.8 Å². The van der Waals surface area contributed by atoms with Gasteiger partial charge in [-0.1, -0.05) is 6.08 Å². The Balaban J connectivity index is 2.27. The normalized spacial score (nSPS) is 22.7. The Labute approximate surface area is 87.2 Å². The minimum Gasteiger partial charge on any atom is -0.387 e. The van der Waals surface area contributed by atoms with Gasteiger partial charge in [-0.2, -0.15) is 5.10 Å². The Bertz CT molecular complexity index is 321. The molecule has 1 N–H and O–H groups in total. The lowest BCUT2D eigenvalue weighted by molar-refractivity contribution is 0.141. The molecule has 5 heteroatoms. The number of alkyl halides is 1. The molecular formula is C9H12ClN3O. The van der Waals surface area contributed by atoms with Crippen molar-refractivity contribution in [1.29, 1.82) is 0 Å². The van der Waals surface area contributed by atoms with Crippen LogP contribution in [0.1, 0.15) is 18.9 Å². The summed E-state index contributed by atoms with van der Waals surface area (Å²) in [5, 5.41) is 13.8. The third-order valence-corrected chi connectivity index (χ3v) is 3.15. The van der Waals surface area contributed by atoms with Crippen LogP contribution in [0.25, 0.3) is 0 Å². The standard InChI is InChI=1S/C9H12ClN3O/c1-2-7(14)8(9(10)3-4-9)13-6-11-5-12-13/h2,5-8,14H,1,3-4H2/t7-,8+/m0/s1. The fourth-order valence-corrected chi connectivity index (χ4v) is 1.93. The van der Waals surface area contributed by atoms with Gasteiger partial charge < -0.3 is 5.11 Å². The maximum absolute atomic E-state index is 9.77. The van der Waals surface area contributed by atoms with Crippen LogP contribution in [0.5, 0.6) is 0 Å². The predicted octanol–water partition coefficient (Wildman–Crippen LogP) is 1.14. The number of nitrogens with zero attached hydrogens (tertiary/aromatic N) is 3. The lowest BCUT2D eigenvalue weighted by Crippen LogP contribution is -2.32. The maximum atomic E-state index is 9.77. The Morgan fingerprint density at radius 3 is 2.79 bits per heavy atom. The molecule has 0 amide bonds. The first-order valence-electron chi connectivity index (χ1n) is 4.51. The summed E-state index contributed by atoms with van der Waals surface area (Å²) in [6, 6.07) is -0.260. The van der Waals surface area contributed by atoms with Crippen molar-refractivity contribution in [1.82, 2.24) is 14.8 Å². The minimum absolute atomic E-state index is 0.260. The van der Waals surface area contributed by atoms with Gasteiger partial charge in [-0.25, -0.2) is 9.67 Å². The Kier molecular flexibility index (Phi) is 2.33. The molecule has 4 nitrogen and oxygen atoms in total. The molecule has 1 aliphatic rings. The molecule has 76 valence electrons. The van der Waals surface area contributed by atoms with Crippen molar-refractivity contribution < 1.29 is 5.11 Å². The van der Waals surface area contributed by atoms with E-state index < -0.39 is 6.10 Å². The van der Waals surface area contributed by atoms with Gasteiger partial charge in [0, 0.05) is 0 Å². The molecule has 14 heavy (non-hydrogen) atoms. The van der Waals surface area contributed by atoms with Crippen LogP contribution >= 0.6 is 11.6 Å². The van der Waals surface area contributed by atoms with E-state index in [4.69, 9.17) is 11.6 Å². The fraction of sp³-hybridized carbons (Fsp3) is 0.556. The fourth-order valence-electron chi connectivity index (χ4n) is 1.60. The van der Waals surface area contributed by atoms with Crippen LogP contribution in [0, 0.1) is 0 Å². The van der Waals surface area contributed by atoms with Gasteiger partial charge in [0.15, 0.2) is 0 Å². The van der Waals surface area contributed by atoms with Gasteiger partial charge in [0.1, 0.15) is 18.7 Å². The molecule has 1 heterocycles. The molecule has 1 saturated carbocycles. The first kappa shape index (κ1) is 9.68. The number of hydrogen-bond donors (Lipinski definition) is 1. The summed E-state index contributed by atoms with van der Waals surface area (Å²) >= 11 is 6.28. The molecule has 2 rings (SSSR count). The molecule has 0 radical (unpaired) electrons. The van der Waals surface area contributed by atoms with Gasteiger partial charge in [-0.05, 0) is 12.8 Å². The van der Waals surface area contributed by atoms with E-state index in [9.17, 15) is 5.11 Å². The molecule has 0 bridgehead atoms. The van der Waals surface area contributed by atoms with Gasteiger partial charge >= 0.3 is 0 Å². The van der Waals surface area contributed by atoms with E-state index in [1.54, 1.807) is 11.0 Å². The average molecular weight is 214 g/mol. The predicted molar refractivity (Wildman–Crippen MR) is 53.1 cm³/mol. The number of aliphatic hydroxyl groups excluding tert-OH is 1. The van der Waals surface area contributed by atoms with Gasteiger partial charge in [0.25, 0.3) is 0 Å². The molecule has 0 aromatic carbocycles. The second-order valence-electron chi connectivity index (χ2n) is 3.58. The third kappa shape index (κ3) is 1.55. The quantitative estimate of drug-likeness (QED) is 0.603. The SMILES string of the molecule is C=C[C@H](O)[C@@H](n1cncn1)C1(Cl)CC1. The topological polar surface area (TPSA) is 50.9 Å². The highest BCUT2D eigenvalue weighted by atomic mass is 35.5. The van der Waals surface area contributed by atoms with Crippen LogP contribution in [0.15, 0.2) is 25.3 Å². The molecule has 0 saturated heterocycles.